The molecule has 0 saturated carbocycles. The van der Waals surface area contributed by atoms with Gasteiger partial charge < -0.3 is 14.3 Å². The number of rotatable bonds is 3. The fourth-order valence-corrected chi connectivity index (χ4v) is 4.26. The van der Waals surface area contributed by atoms with Crippen molar-refractivity contribution in [1.82, 2.24) is 19.9 Å². The second-order valence-corrected chi connectivity index (χ2v) is 8.15. The van der Waals surface area contributed by atoms with Crippen LogP contribution in [0.4, 0.5) is 4.79 Å². The Morgan fingerprint density at radius 1 is 1.19 bits per heavy atom. The third-order valence-electron chi connectivity index (χ3n) is 5.75. The average Bonchev–Trinajstić information content (AvgIpc) is 2.92. The first kappa shape index (κ1) is 18.0. The highest BCUT2D eigenvalue weighted by Crippen LogP contribution is 2.30. The Morgan fingerprint density at radius 3 is 2.70 bits per heavy atom. The van der Waals surface area contributed by atoms with Crippen LogP contribution in [-0.2, 0) is 6.54 Å². The lowest BCUT2D eigenvalue weighted by Crippen LogP contribution is -2.45. The molecule has 1 aromatic heterocycles. The maximum Gasteiger partial charge on any atom is 0.319 e. The number of carbonyl (C=O) groups excluding carboxylic acids is 1. The second kappa shape index (κ2) is 7.35. The summed E-state index contributed by atoms with van der Waals surface area (Å²) >= 11 is 0. The van der Waals surface area contributed by atoms with E-state index < -0.39 is 0 Å². The smallest absolute Gasteiger partial charge is 0.319 e. The summed E-state index contributed by atoms with van der Waals surface area (Å²) in [7, 11) is 3.65. The van der Waals surface area contributed by atoms with Gasteiger partial charge in [-0.3, -0.25) is 4.90 Å². The van der Waals surface area contributed by atoms with Crippen LogP contribution in [0.25, 0.3) is 11.3 Å². The number of amides is 2. The number of fused-ring (bicyclic) bond motifs is 4. The van der Waals surface area contributed by atoms with Crippen molar-refractivity contribution in [3.05, 3.63) is 41.7 Å². The maximum absolute atomic E-state index is 12.4. The Hall–Kier alpha value is -2.34. The number of carbonyl (C=O) groups is 1. The van der Waals surface area contributed by atoms with Crippen LogP contribution >= 0.6 is 0 Å². The molecule has 0 aliphatic carbocycles. The van der Waals surface area contributed by atoms with E-state index in [-0.39, 0.29) is 6.03 Å². The Bertz CT molecular complexity index is 799. The Labute approximate surface area is 160 Å². The summed E-state index contributed by atoms with van der Waals surface area (Å²) in [4.78, 5) is 18.6. The van der Waals surface area contributed by atoms with Crippen LogP contribution in [0.15, 0.2) is 34.9 Å². The molecule has 1 aromatic carbocycles. The van der Waals surface area contributed by atoms with Gasteiger partial charge in [-0.2, -0.15) is 0 Å². The van der Waals surface area contributed by atoms with Crippen molar-refractivity contribution in [2.24, 2.45) is 5.92 Å². The monoisotopic (exact) mass is 368 g/mol. The molecule has 0 unspecified atom stereocenters. The fraction of sp³-hybridized carbons (Fsp3) is 0.524. The normalized spacial score (nSPS) is 22.7. The van der Waals surface area contributed by atoms with E-state index >= 15 is 0 Å². The second-order valence-electron chi connectivity index (χ2n) is 8.15. The first-order valence-electron chi connectivity index (χ1n) is 9.72. The molecule has 2 amide bonds. The molecule has 3 fully saturated rings. The van der Waals surface area contributed by atoms with Gasteiger partial charge in [0.1, 0.15) is 5.69 Å². The van der Waals surface area contributed by atoms with Crippen LogP contribution in [0.3, 0.4) is 0 Å². The summed E-state index contributed by atoms with van der Waals surface area (Å²) < 4.78 is 5.63. The van der Waals surface area contributed by atoms with Gasteiger partial charge in [0.2, 0.25) is 0 Å². The number of aryl methyl sites for hydroxylation is 1. The van der Waals surface area contributed by atoms with E-state index in [1.54, 1.807) is 4.90 Å². The van der Waals surface area contributed by atoms with E-state index in [4.69, 9.17) is 4.52 Å². The summed E-state index contributed by atoms with van der Waals surface area (Å²) in [5, 5.41) is 4.26. The Kier molecular flexibility index (Phi) is 4.91. The highest BCUT2D eigenvalue weighted by Gasteiger charge is 2.37. The van der Waals surface area contributed by atoms with Crippen LogP contribution in [-0.4, -0.2) is 65.7 Å². The number of piperidine rings is 1. The molecule has 0 spiro atoms. The minimum absolute atomic E-state index is 0.120. The predicted molar refractivity (Wildman–Crippen MR) is 104 cm³/mol. The molecule has 27 heavy (non-hydrogen) atoms. The lowest BCUT2D eigenvalue weighted by Gasteiger charge is -2.35. The molecule has 3 aliphatic heterocycles. The molecule has 6 nitrogen and oxygen atoms in total. The average molecular weight is 368 g/mol. The highest BCUT2D eigenvalue weighted by atomic mass is 16.5. The molecule has 0 radical (unpaired) electrons. The van der Waals surface area contributed by atoms with Gasteiger partial charge >= 0.3 is 6.03 Å². The zero-order valence-electron chi connectivity index (χ0n) is 16.4. The lowest BCUT2D eigenvalue weighted by molar-refractivity contribution is 0.111. The molecule has 4 heterocycles. The van der Waals surface area contributed by atoms with E-state index in [0.717, 1.165) is 49.6 Å². The van der Waals surface area contributed by atoms with E-state index in [1.807, 2.05) is 25.1 Å². The van der Waals surface area contributed by atoms with Gasteiger partial charge in [0.15, 0.2) is 5.76 Å². The molecule has 2 bridgehead atoms. The van der Waals surface area contributed by atoms with Gasteiger partial charge in [-0.25, -0.2) is 4.79 Å². The van der Waals surface area contributed by atoms with Gasteiger partial charge in [0.05, 0.1) is 6.54 Å². The fourth-order valence-electron chi connectivity index (χ4n) is 4.26. The highest BCUT2D eigenvalue weighted by molar-refractivity contribution is 5.74. The molecule has 2 atom stereocenters. The predicted octanol–water partition coefficient (Wildman–Crippen LogP) is 3.23. The van der Waals surface area contributed by atoms with Crippen molar-refractivity contribution in [3.63, 3.8) is 0 Å². The van der Waals surface area contributed by atoms with Gasteiger partial charge in [0.25, 0.3) is 0 Å². The van der Waals surface area contributed by atoms with Gasteiger partial charge in [-0.1, -0.05) is 35.0 Å². The number of nitrogens with zero attached hydrogens (tertiary/aromatic N) is 4. The van der Waals surface area contributed by atoms with E-state index in [9.17, 15) is 4.79 Å². The van der Waals surface area contributed by atoms with Gasteiger partial charge in [0, 0.05) is 51.4 Å². The molecule has 3 aliphatic rings. The largest absolute Gasteiger partial charge is 0.359 e. The van der Waals surface area contributed by atoms with E-state index in [0.29, 0.717) is 12.0 Å². The zero-order valence-corrected chi connectivity index (χ0v) is 16.4. The quantitative estimate of drug-likeness (QED) is 0.835. The van der Waals surface area contributed by atoms with E-state index in [1.165, 1.54) is 12.0 Å². The SMILES string of the molecule is Cc1ccc(-c2cc(CN3C[C@@H]4CC[C@H]3CN(C(=O)N(C)C)C4)on2)cc1. The third-order valence-corrected chi connectivity index (χ3v) is 5.75. The number of hydrogen-bond acceptors (Lipinski definition) is 4. The summed E-state index contributed by atoms with van der Waals surface area (Å²) in [5.41, 5.74) is 3.20. The van der Waals surface area contributed by atoms with Crippen LogP contribution in [0.5, 0.6) is 0 Å². The number of benzene rings is 1. The summed E-state index contributed by atoms with van der Waals surface area (Å²) in [6, 6.07) is 10.9. The topological polar surface area (TPSA) is 52.8 Å². The number of urea groups is 1. The molecule has 2 aromatic rings. The van der Waals surface area contributed by atoms with Crippen LogP contribution < -0.4 is 0 Å². The number of hydrogen-bond donors (Lipinski definition) is 0. The maximum atomic E-state index is 12.4. The van der Waals surface area contributed by atoms with Crippen LogP contribution in [0.2, 0.25) is 0 Å². The molecule has 144 valence electrons. The molecular weight excluding hydrogens is 340 g/mol. The van der Waals surface area contributed by atoms with Crippen molar-refractivity contribution >= 4 is 6.03 Å². The van der Waals surface area contributed by atoms with Crippen molar-refractivity contribution < 1.29 is 9.32 Å². The number of aromatic nitrogens is 1. The molecule has 3 saturated heterocycles. The van der Waals surface area contributed by atoms with Gasteiger partial charge in [-0.15, -0.1) is 0 Å². The first-order valence-corrected chi connectivity index (χ1v) is 9.72. The third kappa shape index (κ3) is 3.86. The molecule has 0 N–H and O–H groups in total. The molecule has 6 heteroatoms. The standard InChI is InChI=1S/C21H28N4O2/c1-15-4-7-17(8-5-15)20-10-19(27-22-20)14-24-11-16-6-9-18(24)13-25(12-16)21(26)23(2)3/h4-5,7-8,10,16,18H,6,9,11-14H2,1-3H3/t16-,18-/m0/s1. The lowest BCUT2D eigenvalue weighted by atomic mass is 9.95. The zero-order chi connectivity index (χ0) is 19.0. The summed E-state index contributed by atoms with van der Waals surface area (Å²) in [5.74, 6) is 1.43. The Morgan fingerprint density at radius 2 is 1.96 bits per heavy atom. The first-order chi connectivity index (χ1) is 13.0. The minimum Gasteiger partial charge on any atom is -0.359 e. The molecular formula is C21H28N4O2. The van der Waals surface area contributed by atoms with Crippen molar-refractivity contribution in [3.8, 4) is 11.3 Å². The van der Waals surface area contributed by atoms with Gasteiger partial charge in [-0.05, 0) is 25.7 Å². The van der Waals surface area contributed by atoms with E-state index in [2.05, 4.69) is 41.2 Å². The van der Waals surface area contributed by atoms with Crippen LogP contribution in [0.1, 0.15) is 24.2 Å². The van der Waals surface area contributed by atoms with Crippen molar-refractivity contribution in [2.45, 2.75) is 32.4 Å². The van der Waals surface area contributed by atoms with Crippen LogP contribution in [0, 0.1) is 12.8 Å². The minimum atomic E-state index is 0.120. The Balaban J connectivity index is 1.46. The summed E-state index contributed by atoms with van der Waals surface area (Å²) in [6.45, 7) is 5.50. The molecule has 5 rings (SSSR count). The van der Waals surface area contributed by atoms with Crippen molar-refractivity contribution in [2.75, 3.05) is 33.7 Å². The summed E-state index contributed by atoms with van der Waals surface area (Å²) in [6.07, 6.45) is 2.34. The van der Waals surface area contributed by atoms with Crippen molar-refractivity contribution in [1.29, 1.82) is 0 Å².